The number of methoxy groups -OCH3 is 1. The molecule has 5 nitrogen and oxygen atoms in total. The summed E-state index contributed by atoms with van der Waals surface area (Å²) >= 11 is 1.55. The van der Waals surface area contributed by atoms with Crippen LogP contribution in [0.1, 0.15) is 99.7 Å². The number of thioether (sulfide) groups is 1. The smallest absolute Gasteiger partial charge is 0.374 e. The van der Waals surface area contributed by atoms with E-state index in [-0.39, 0.29) is 16.4 Å². The standard InChI is InChI=1S/C34H44O5S/c1-4-6-8-9-10-11-12-15-25-16-13-14-17-26(25)19-22-33(29(35)18-7-5-2)40-27-20-21-28-30(36)24-32(34(37)38-3)39-31(28)23-27/h13-14,16-18,20-21,23-24,33,35H,4-12,15,19,22H2,1-3H3/t33-/m0/s1. The molecule has 0 saturated heterocycles. The Kier molecular flexibility index (Phi) is 13.4. The van der Waals surface area contributed by atoms with Crippen LogP contribution in [0.5, 0.6) is 0 Å². The molecule has 1 heterocycles. The zero-order valence-corrected chi connectivity index (χ0v) is 25.1. The molecule has 1 atom stereocenters. The molecule has 40 heavy (non-hydrogen) atoms. The highest BCUT2D eigenvalue weighted by molar-refractivity contribution is 8.00. The van der Waals surface area contributed by atoms with Crippen molar-refractivity contribution in [3.8, 4) is 0 Å². The lowest BCUT2D eigenvalue weighted by atomic mass is 9.96. The Morgan fingerprint density at radius 2 is 1.65 bits per heavy atom. The number of esters is 1. The number of allylic oxidation sites excluding steroid dienone is 1. The summed E-state index contributed by atoms with van der Waals surface area (Å²) in [7, 11) is 1.25. The third kappa shape index (κ3) is 9.58. The van der Waals surface area contributed by atoms with E-state index < -0.39 is 5.97 Å². The first-order valence-electron chi connectivity index (χ1n) is 14.8. The molecule has 0 aliphatic rings. The van der Waals surface area contributed by atoms with Crippen molar-refractivity contribution in [3.05, 3.63) is 87.5 Å². The number of benzene rings is 2. The van der Waals surface area contributed by atoms with Crippen molar-refractivity contribution in [2.45, 2.75) is 101 Å². The molecule has 1 N–H and O–H groups in total. The van der Waals surface area contributed by atoms with Crippen molar-refractivity contribution in [2.75, 3.05) is 7.11 Å². The molecule has 0 radical (unpaired) electrons. The minimum Gasteiger partial charge on any atom is -0.511 e. The van der Waals surface area contributed by atoms with Gasteiger partial charge in [-0.1, -0.05) is 83.1 Å². The van der Waals surface area contributed by atoms with Crippen LogP contribution in [0.4, 0.5) is 0 Å². The van der Waals surface area contributed by atoms with Gasteiger partial charge in [0.05, 0.1) is 17.7 Å². The highest BCUT2D eigenvalue weighted by Crippen LogP contribution is 2.33. The number of aliphatic hydroxyl groups excluding tert-OH is 1. The zero-order valence-electron chi connectivity index (χ0n) is 24.2. The first kappa shape index (κ1) is 31.5. The molecule has 1 aromatic heterocycles. The highest BCUT2D eigenvalue weighted by atomic mass is 32.2. The maximum absolute atomic E-state index is 12.5. The van der Waals surface area contributed by atoms with E-state index in [1.807, 2.05) is 12.1 Å². The van der Waals surface area contributed by atoms with Crippen LogP contribution in [0.25, 0.3) is 11.0 Å². The second-order valence-corrected chi connectivity index (χ2v) is 11.6. The van der Waals surface area contributed by atoms with Crippen molar-refractivity contribution < 1.29 is 19.1 Å². The predicted molar refractivity (Wildman–Crippen MR) is 166 cm³/mol. The molecule has 0 aliphatic carbocycles. The number of rotatable bonds is 17. The highest BCUT2D eigenvalue weighted by Gasteiger charge is 2.18. The number of aliphatic hydroxyl groups is 1. The topological polar surface area (TPSA) is 76.7 Å². The van der Waals surface area contributed by atoms with E-state index in [0.717, 1.165) is 43.1 Å². The Balaban J connectivity index is 1.73. The number of aryl methyl sites for hydroxylation is 2. The van der Waals surface area contributed by atoms with Crippen LogP contribution in [0.2, 0.25) is 0 Å². The Hall–Kier alpha value is -2.99. The van der Waals surface area contributed by atoms with Gasteiger partial charge >= 0.3 is 5.97 Å². The predicted octanol–water partition coefficient (Wildman–Crippen LogP) is 9.21. The Morgan fingerprint density at radius 1 is 0.950 bits per heavy atom. The number of ether oxygens (including phenoxy) is 1. The van der Waals surface area contributed by atoms with Gasteiger partial charge in [-0.3, -0.25) is 4.79 Å². The first-order valence-corrected chi connectivity index (χ1v) is 15.6. The van der Waals surface area contributed by atoms with Crippen molar-refractivity contribution in [2.24, 2.45) is 0 Å². The number of hydrogen-bond donors (Lipinski definition) is 1. The summed E-state index contributed by atoms with van der Waals surface area (Å²) < 4.78 is 10.4. The SMILES string of the molecule is CCCC=C(O)[C@H](CCc1ccccc1CCCCCCCCC)Sc1ccc2c(=O)cc(C(=O)OC)oc2c1. The number of carbonyl (C=O) groups excluding carboxylic acids is 1. The molecule has 3 rings (SSSR count). The van der Waals surface area contributed by atoms with E-state index in [4.69, 9.17) is 9.15 Å². The van der Waals surface area contributed by atoms with E-state index in [2.05, 4.69) is 38.1 Å². The second-order valence-electron chi connectivity index (χ2n) is 10.3. The molecule has 0 bridgehead atoms. The number of unbranched alkanes of at least 4 members (excludes halogenated alkanes) is 7. The molecule has 0 unspecified atom stereocenters. The first-order chi connectivity index (χ1) is 19.5. The van der Waals surface area contributed by atoms with Gasteiger partial charge in [-0.25, -0.2) is 4.79 Å². The van der Waals surface area contributed by atoms with E-state index in [1.54, 1.807) is 23.9 Å². The molecule has 0 aliphatic heterocycles. The normalized spacial score (nSPS) is 12.5. The van der Waals surface area contributed by atoms with Crippen LogP contribution < -0.4 is 5.43 Å². The fourth-order valence-corrected chi connectivity index (χ4v) is 5.97. The quantitative estimate of drug-likeness (QED) is 0.0762. The maximum Gasteiger partial charge on any atom is 0.374 e. The minimum atomic E-state index is -0.690. The van der Waals surface area contributed by atoms with Crippen LogP contribution in [-0.4, -0.2) is 23.4 Å². The summed E-state index contributed by atoms with van der Waals surface area (Å²) in [6, 6.07) is 15.2. The summed E-state index contributed by atoms with van der Waals surface area (Å²) in [5.74, 6) is -0.437. The van der Waals surface area contributed by atoms with Crippen LogP contribution in [0, 0.1) is 0 Å². The lowest BCUT2D eigenvalue weighted by Gasteiger charge is -2.18. The van der Waals surface area contributed by atoms with E-state index in [1.165, 1.54) is 63.2 Å². The van der Waals surface area contributed by atoms with Gasteiger partial charge in [-0.2, -0.15) is 0 Å². The van der Waals surface area contributed by atoms with Crippen LogP contribution in [0.3, 0.4) is 0 Å². The molecular weight excluding hydrogens is 520 g/mol. The van der Waals surface area contributed by atoms with Crippen LogP contribution in [0.15, 0.2) is 74.5 Å². The fraction of sp³-hybridized carbons (Fsp3) is 0.471. The van der Waals surface area contributed by atoms with Gasteiger partial charge in [0, 0.05) is 11.0 Å². The van der Waals surface area contributed by atoms with Crippen molar-refractivity contribution in [3.63, 3.8) is 0 Å². The average Bonchev–Trinajstić information content (AvgIpc) is 2.97. The van der Waals surface area contributed by atoms with Crippen molar-refractivity contribution in [1.29, 1.82) is 0 Å². The third-order valence-corrected chi connectivity index (χ3v) is 8.47. The van der Waals surface area contributed by atoms with Gasteiger partial charge in [0.1, 0.15) is 11.3 Å². The largest absolute Gasteiger partial charge is 0.511 e. The molecule has 216 valence electrons. The number of carbonyl (C=O) groups is 1. The van der Waals surface area contributed by atoms with Gasteiger partial charge in [-0.05, 0) is 67.5 Å². The van der Waals surface area contributed by atoms with E-state index in [9.17, 15) is 14.7 Å². The molecule has 0 saturated carbocycles. The van der Waals surface area contributed by atoms with Gasteiger partial charge < -0.3 is 14.3 Å². The Morgan fingerprint density at radius 3 is 2.35 bits per heavy atom. The van der Waals surface area contributed by atoms with Gasteiger partial charge in [0.15, 0.2) is 5.43 Å². The van der Waals surface area contributed by atoms with Gasteiger partial charge in [0.25, 0.3) is 0 Å². The monoisotopic (exact) mass is 564 g/mol. The third-order valence-electron chi connectivity index (χ3n) is 7.18. The number of hydrogen-bond acceptors (Lipinski definition) is 6. The maximum atomic E-state index is 12.5. The lowest BCUT2D eigenvalue weighted by Crippen LogP contribution is -2.10. The molecule has 3 aromatic rings. The van der Waals surface area contributed by atoms with Gasteiger partial charge in [0.2, 0.25) is 5.76 Å². The summed E-state index contributed by atoms with van der Waals surface area (Å²) in [5.41, 5.74) is 2.78. The van der Waals surface area contributed by atoms with Crippen LogP contribution in [-0.2, 0) is 17.6 Å². The molecule has 0 spiro atoms. The number of fused-ring (bicyclic) bond motifs is 1. The summed E-state index contributed by atoms with van der Waals surface area (Å²) in [5, 5.41) is 11.3. The molecular formula is C34H44O5S. The molecule has 0 amide bonds. The Bertz CT molecular complexity index is 1310. The summed E-state index contributed by atoms with van der Waals surface area (Å²) in [6.45, 7) is 4.35. The zero-order chi connectivity index (χ0) is 28.7. The van der Waals surface area contributed by atoms with E-state index in [0.29, 0.717) is 16.7 Å². The average molecular weight is 565 g/mol. The van der Waals surface area contributed by atoms with Crippen molar-refractivity contribution in [1.82, 2.24) is 0 Å². The molecule has 2 aromatic carbocycles. The van der Waals surface area contributed by atoms with Crippen LogP contribution >= 0.6 is 11.8 Å². The van der Waals surface area contributed by atoms with Crippen molar-refractivity contribution >= 4 is 28.7 Å². The minimum absolute atomic E-state index is 0.123. The summed E-state index contributed by atoms with van der Waals surface area (Å²) in [6.07, 6.45) is 15.5. The summed E-state index contributed by atoms with van der Waals surface area (Å²) in [4.78, 5) is 25.3. The fourth-order valence-electron chi connectivity index (χ4n) is 4.87. The lowest BCUT2D eigenvalue weighted by molar-refractivity contribution is 0.0565. The molecule has 0 fully saturated rings. The second kappa shape index (κ2) is 17.0. The van der Waals surface area contributed by atoms with E-state index >= 15 is 0 Å². The van der Waals surface area contributed by atoms with Gasteiger partial charge in [-0.15, -0.1) is 11.8 Å². The molecule has 6 heteroatoms. The Labute approximate surface area is 243 Å².